The van der Waals surface area contributed by atoms with Crippen molar-refractivity contribution in [2.75, 3.05) is 23.6 Å². The summed E-state index contributed by atoms with van der Waals surface area (Å²) in [6.07, 6.45) is 1.10. The number of nitrogens with one attached hydrogen (secondary N) is 2. The summed E-state index contributed by atoms with van der Waals surface area (Å²) >= 11 is 2.93. The molecule has 0 spiro atoms. The molecule has 114 valence electrons. The second-order valence-electron chi connectivity index (χ2n) is 4.23. The van der Waals surface area contributed by atoms with Gasteiger partial charge in [-0.25, -0.2) is 17.2 Å². The molecule has 8 heteroatoms. The minimum absolute atomic E-state index is 0.173. The standard InChI is InChI=1S/C12H17BrF2N2O2S/c1-2-16-5-3-4-6-20(18,19)17-12-10(14)7-9(13)8-11(12)15/h7-8,16-17H,2-6H2,1H3. The average Bonchev–Trinajstić information content (AvgIpc) is 2.33. The van der Waals surface area contributed by atoms with Crippen LogP contribution in [0.1, 0.15) is 19.8 Å². The molecule has 20 heavy (non-hydrogen) atoms. The van der Waals surface area contributed by atoms with Gasteiger partial charge in [-0.2, -0.15) is 0 Å². The van der Waals surface area contributed by atoms with E-state index in [2.05, 4.69) is 21.2 Å². The van der Waals surface area contributed by atoms with Crippen molar-refractivity contribution in [3.63, 3.8) is 0 Å². The van der Waals surface area contributed by atoms with Crippen LogP contribution in [0.5, 0.6) is 0 Å². The molecule has 0 amide bonds. The maximum atomic E-state index is 13.5. The zero-order valence-corrected chi connectivity index (χ0v) is 13.5. The number of anilines is 1. The van der Waals surface area contributed by atoms with Crippen molar-refractivity contribution in [2.24, 2.45) is 0 Å². The zero-order valence-electron chi connectivity index (χ0n) is 11.0. The molecule has 0 bridgehead atoms. The number of rotatable bonds is 8. The fraction of sp³-hybridized carbons (Fsp3) is 0.500. The predicted molar refractivity (Wildman–Crippen MR) is 79.2 cm³/mol. The van der Waals surface area contributed by atoms with Crippen LogP contribution in [0.4, 0.5) is 14.5 Å². The van der Waals surface area contributed by atoms with Crippen molar-refractivity contribution >= 4 is 31.6 Å². The van der Waals surface area contributed by atoms with E-state index in [0.29, 0.717) is 19.4 Å². The highest BCUT2D eigenvalue weighted by molar-refractivity contribution is 9.10. The highest BCUT2D eigenvalue weighted by atomic mass is 79.9. The van der Waals surface area contributed by atoms with E-state index in [9.17, 15) is 17.2 Å². The van der Waals surface area contributed by atoms with E-state index in [1.165, 1.54) is 0 Å². The molecule has 0 radical (unpaired) electrons. The van der Waals surface area contributed by atoms with E-state index in [1.807, 2.05) is 11.6 Å². The summed E-state index contributed by atoms with van der Waals surface area (Å²) in [5, 5.41) is 3.07. The van der Waals surface area contributed by atoms with Gasteiger partial charge < -0.3 is 5.32 Å². The highest BCUT2D eigenvalue weighted by Gasteiger charge is 2.17. The molecule has 0 saturated carbocycles. The van der Waals surface area contributed by atoms with Gasteiger partial charge >= 0.3 is 0 Å². The maximum Gasteiger partial charge on any atom is 0.232 e. The van der Waals surface area contributed by atoms with E-state index in [4.69, 9.17) is 0 Å². The number of hydrogen-bond donors (Lipinski definition) is 2. The van der Waals surface area contributed by atoms with Crippen molar-refractivity contribution < 1.29 is 17.2 Å². The molecule has 0 aliphatic carbocycles. The molecule has 0 aromatic heterocycles. The first-order valence-corrected chi connectivity index (χ1v) is 8.66. The minimum Gasteiger partial charge on any atom is -0.317 e. The van der Waals surface area contributed by atoms with Gasteiger partial charge in [0.2, 0.25) is 10.0 Å². The van der Waals surface area contributed by atoms with Crippen molar-refractivity contribution in [2.45, 2.75) is 19.8 Å². The summed E-state index contributed by atoms with van der Waals surface area (Å²) in [4.78, 5) is 0. The Kier molecular flexibility index (Phi) is 6.84. The molecule has 0 aliphatic rings. The topological polar surface area (TPSA) is 58.2 Å². The molecular weight excluding hydrogens is 354 g/mol. The number of halogens is 3. The average molecular weight is 371 g/mol. The van der Waals surface area contributed by atoms with Crippen molar-refractivity contribution in [3.05, 3.63) is 28.2 Å². The molecular formula is C12H17BrF2N2O2S. The first-order chi connectivity index (χ1) is 9.35. The molecule has 0 atom stereocenters. The SMILES string of the molecule is CCNCCCCS(=O)(=O)Nc1c(F)cc(Br)cc1F. The Balaban J connectivity index is 2.63. The molecule has 1 aromatic rings. The second kappa shape index (κ2) is 7.90. The lowest BCUT2D eigenvalue weighted by molar-refractivity contribution is 0.579. The van der Waals surface area contributed by atoms with E-state index in [1.54, 1.807) is 0 Å². The quantitative estimate of drug-likeness (QED) is 0.691. The number of unbranched alkanes of at least 4 members (excludes halogenated alkanes) is 1. The number of benzene rings is 1. The van der Waals surface area contributed by atoms with E-state index in [0.717, 1.165) is 18.7 Å². The number of hydrogen-bond acceptors (Lipinski definition) is 3. The Hall–Kier alpha value is -0.730. The second-order valence-corrected chi connectivity index (χ2v) is 6.98. The van der Waals surface area contributed by atoms with Crippen LogP contribution >= 0.6 is 15.9 Å². The van der Waals surface area contributed by atoms with Gasteiger partial charge in [0.25, 0.3) is 0 Å². The molecule has 1 aromatic carbocycles. The van der Waals surface area contributed by atoms with Crippen molar-refractivity contribution in [1.29, 1.82) is 0 Å². The van der Waals surface area contributed by atoms with Crippen LogP contribution < -0.4 is 10.0 Å². The van der Waals surface area contributed by atoms with Crippen molar-refractivity contribution in [1.82, 2.24) is 5.32 Å². The van der Waals surface area contributed by atoms with Gasteiger partial charge in [0, 0.05) is 4.47 Å². The van der Waals surface area contributed by atoms with Gasteiger partial charge in [0.1, 0.15) is 5.69 Å². The van der Waals surface area contributed by atoms with Crippen LogP contribution in [0.25, 0.3) is 0 Å². The molecule has 0 heterocycles. The lowest BCUT2D eigenvalue weighted by Crippen LogP contribution is -2.20. The van der Waals surface area contributed by atoms with Gasteiger partial charge in [-0.1, -0.05) is 22.9 Å². The van der Waals surface area contributed by atoms with Crippen LogP contribution in [-0.2, 0) is 10.0 Å². The highest BCUT2D eigenvalue weighted by Crippen LogP contribution is 2.24. The van der Waals surface area contributed by atoms with E-state index in [-0.39, 0.29) is 10.2 Å². The van der Waals surface area contributed by atoms with Crippen molar-refractivity contribution in [3.8, 4) is 0 Å². The summed E-state index contributed by atoms with van der Waals surface area (Å²) in [6, 6.07) is 2.01. The van der Waals surface area contributed by atoms with Crippen LogP contribution in [0.3, 0.4) is 0 Å². The minimum atomic E-state index is -3.75. The van der Waals surface area contributed by atoms with Gasteiger partial charge in [0.05, 0.1) is 5.75 Å². The summed E-state index contributed by atoms with van der Waals surface area (Å²) in [7, 11) is -3.75. The van der Waals surface area contributed by atoms with Gasteiger partial charge in [0.15, 0.2) is 11.6 Å². The third kappa shape index (κ3) is 5.72. The van der Waals surface area contributed by atoms with Crippen LogP contribution in [-0.4, -0.2) is 27.3 Å². The Bertz CT molecular complexity index is 529. The monoisotopic (exact) mass is 370 g/mol. The molecule has 0 unspecified atom stereocenters. The Morgan fingerprint density at radius 3 is 2.35 bits per heavy atom. The summed E-state index contributed by atoms with van der Waals surface area (Å²) in [6.45, 7) is 3.49. The predicted octanol–water partition coefficient (Wildman–Crippen LogP) is 2.86. The molecule has 0 fully saturated rings. The Morgan fingerprint density at radius 2 is 1.80 bits per heavy atom. The summed E-state index contributed by atoms with van der Waals surface area (Å²) in [5.41, 5.74) is -0.639. The third-order valence-corrected chi connectivity index (χ3v) is 4.33. The van der Waals surface area contributed by atoms with Gasteiger partial charge in [-0.3, -0.25) is 4.72 Å². The molecule has 0 saturated heterocycles. The van der Waals surface area contributed by atoms with E-state index < -0.39 is 27.3 Å². The van der Waals surface area contributed by atoms with Crippen LogP contribution in [0.15, 0.2) is 16.6 Å². The first-order valence-electron chi connectivity index (χ1n) is 6.21. The fourth-order valence-corrected chi connectivity index (χ4v) is 3.16. The summed E-state index contributed by atoms with van der Waals surface area (Å²) in [5.74, 6) is -2.07. The zero-order chi connectivity index (χ0) is 15.2. The molecule has 4 nitrogen and oxygen atoms in total. The molecule has 1 rings (SSSR count). The van der Waals surface area contributed by atoms with Gasteiger partial charge in [-0.05, 0) is 38.1 Å². The molecule has 0 aliphatic heterocycles. The summed E-state index contributed by atoms with van der Waals surface area (Å²) < 4.78 is 52.7. The first kappa shape index (κ1) is 17.3. The van der Waals surface area contributed by atoms with Gasteiger partial charge in [-0.15, -0.1) is 0 Å². The molecule has 2 N–H and O–H groups in total. The third-order valence-electron chi connectivity index (χ3n) is 2.53. The smallest absolute Gasteiger partial charge is 0.232 e. The Labute approximate surface area is 126 Å². The number of sulfonamides is 1. The lowest BCUT2D eigenvalue weighted by atomic mass is 10.3. The van der Waals surface area contributed by atoms with E-state index >= 15 is 0 Å². The van der Waals surface area contributed by atoms with Crippen LogP contribution in [0.2, 0.25) is 0 Å². The lowest BCUT2D eigenvalue weighted by Gasteiger charge is -2.10. The fourth-order valence-electron chi connectivity index (χ4n) is 1.57. The van der Waals surface area contributed by atoms with Crippen LogP contribution in [0, 0.1) is 11.6 Å². The Morgan fingerprint density at radius 1 is 1.20 bits per heavy atom. The normalized spacial score (nSPS) is 11.6. The largest absolute Gasteiger partial charge is 0.317 e. The maximum absolute atomic E-state index is 13.5.